The summed E-state index contributed by atoms with van der Waals surface area (Å²) in [4.78, 5) is 17.5. The van der Waals surface area contributed by atoms with Gasteiger partial charge in [-0.15, -0.1) is 0 Å². The molecule has 0 heterocycles. The van der Waals surface area contributed by atoms with Crippen LogP contribution in [0.25, 0.3) is 16.3 Å². The number of fused-ring (bicyclic) bond motifs is 2. The van der Waals surface area contributed by atoms with E-state index in [1.54, 1.807) is 53.7 Å². The molecule has 2 aliphatic rings. The number of hydrogen-bond acceptors (Lipinski definition) is 14. The number of aryl methyl sites for hydroxylation is 1. The van der Waals surface area contributed by atoms with Crippen molar-refractivity contribution >= 4 is 48.6 Å². The van der Waals surface area contributed by atoms with Crippen molar-refractivity contribution in [1.82, 2.24) is 5.32 Å². The van der Waals surface area contributed by atoms with Gasteiger partial charge in [-0.1, -0.05) is 39.8 Å². The molecule has 0 bridgehead atoms. The van der Waals surface area contributed by atoms with E-state index in [4.69, 9.17) is 0 Å². The van der Waals surface area contributed by atoms with E-state index in [-0.39, 0.29) is 116 Å². The van der Waals surface area contributed by atoms with Crippen LogP contribution in [-0.2, 0) is 25.0 Å². The SMILES string of the molecule is CC1=CC2C(C(C)C)=C(O)C(=O)/C(=C\NCCS(=O)(=O)[O-])C2C(O)=C1c1c(C)cc2c(C(C)C)c(O)c(O)c(C=NCCS(=O)(=O)[O-])c2c1O.[Na+].[Na+]. The number of nitrogens with one attached hydrogen (secondary N) is 1. The Bertz CT molecular complexity index is 2150. The Kier molecular flexibility index (Phi) is 15.3. The summed E-state index contributed by atoms with van der Waals surface area (Å²) in [5.41, 5.74) is 1.42. The number of nitrogens with zero attached hydrogens (tertiary/aromatic N) is 1. The number of benzene rings is 2. The fourth-order valence-corrected chi connectivity index (χ4v) is 7.49. The molecule has 14 nitrogen and oxygen atoms in total. The van der Waals surface area contributed by atoms with Crippen LogP contribution in [0.3, 0.4) is 0 Å². The Morgan fingerprint density at radius 3 is 2.04 bits per heavy atom. The predicted molar refractivity (Wildman–Crippen MR) is 185 cm³/mol. The molecule has 0 spiro atoms. The number of ketones is 1. The number of aromatic hydroxyl groups is 3. The maximum Gasteiger partial charge on any atom is 1.00 e. The van der Waals surface area contributed by atoms with Gasteiger partial charge in [0.05, 0.1) is 44.2 Å². The molecule has 18 heteroatoms. The molecule has 52 heavy (non-hydrogen) atoms. The first kappa shape index (κ1) is 45.8. The zero-order chi connectivity index (χ0) is 37.6. The number of allylic oxidation sites excluding steroid dienone is 6. The molecule has 2 unspecified atom stereocenters. The van der Waals surface area contributed by atoms with Gasteiger partial charge in [0.25, 0.3) is 0 Å². The Morgan fingerprint density at radius 2 is 1.50 bits per heavy atom. The molecule has 0 saturated carbocycles. The van der Waals surface area contributed by atoms with Crippen LogP contribution in [0.5, 0.6) is 17.2 Å². The fourth-order valence-electron chi connectivity index (χ4n) is 6.79. The monoisotopic (exact) mass is 778 g/mol. The van der Waals surface area contributed by atoms with Crippen LogP contribution in [0.4, 0.5) is 0 Å². The van der Waals surface area contributed by atoms with Gasteiger partial charge in [0.1, 0.15) is 11.5 Å². The van der Waals surface area contributed by atoms with Crippen LogP contribution in [0, 0.1) is 24.7 Å². The molecule has 0 radical (unpaired) electrons. The minimum atomic E-state index is -4.61. The van der Waals surface area contributed by atoms with Crippen molar-refractivity contribution in [3.05, 3.63) is 68.8 Å². The Balaban J connectivity index is 0.00000468. The smallest absolute Gasteiger partial charge is 0.748 e. The number of aliphatic hydroxyl groups is 2. The van der Waals surface area contributed by atoms with Crippen LogP contribution in [0.15, 0.2) is 51.6 Å². The summed E-state index contributed by atoms with van der Waals surface area (Å²) in [7, 11) is -9.19. The topological polar surface area (TPSA) is 257 Å². The summed E-state index contributed by atoms with van der Waals surface area (Å²) in [5, 5.41) is 60.2. The molecule has 0 fully saturated rings. The molecule has 0 aliphatic heterocycles. The molecule has 2 aromatic carbocycles. The van der Waals surface area contributed by atoms with Crippen LogP contribution in [-0.4, -0.2) is 88.1 Å². The van der Waals surface area contributed by atoms with E-state index in [0.29, 0.717) is 22.1 Å². The maximum absolute atomic E-state index is 13.5. The van der Waals surface area contributed by atoms with E-state index < -0.39 is 78.9 Å². The summed E-state index contributed by atoms with van der Waals surface area (Å²) in [6.45, 7) is 9.55. The molecule has 2 atom stereocenters. The van der Waals surface area contributed by atoms with E-state index >= 15 is 0 Å². The van der Waals surface area contributed by atoms with Crippen LogP contribution < -0.4 is 64.4 Å². The third-order valence-electron chi connectivity index (χ3n) is 8.86. The van der Waals surface area contributed by atoms with E-state index in [1.165, 1.54) is 0 Å². The predicted octanol–water partition coefficient (Wildman–Crippen LogP) is -2.11. The first-order valence-electron chi connectivity index (χ1n) is 15.7. The molecule has 0 amide bonds. The van der Waals surface area contributed by atoms with Crippen molar-refractivity contribution in [2.45, 2.75) is 47.5 Å². The van der Waals surface area contributed by atoms with E-state index in [9.17, 15) is 56.3 Å². The van der Waals surface area contributed by atoms with E-state index in [1.807, 2.05) is 0 Å². The number of carbonyl (C=O) groups excluding carboxylic acids is 1. The van der Waals surface area contributed by atoms with Gasteiger partial charge in [-0.2, -0.15) is 0 Å². The van der Waals surface area contributed by atoms with Crippen molar-refractivity contribution in [3.8, 4) is 17.2 Å². The van der Waals surface area contributed by atoms with Gasteiger partial charge in [0.15, 0.2) is 17.3 Å². The standard InChI is InChI=1S/C34H42N2O12S2.2Na/c1-15(2)23-19-11-17(5)25(31(39)27(19)21(29(37)33(23)41)13-35-7-9-49(43,44)45)26-18(6)12-20-24(16(3)4)34(42)30(38)22(28(20)32(26)40)14-36-8-10-50(46,47)48;;/h11-16,19,27,35,38-42H,7-10H2,1-6H3,(H,43,44,45)(H,46,47,48);;/q;2*+1/p-2/b21-13-,36-14?;;. The molecule has 2 aromatic rings. The number of carbonyl (C=O) groups is 1. The summed E-state index contributed by atoms with van der Waals surface area (Å²) in [6, 6.07) is 1.64. The zero-order valence-corrected chi connectivity index (χ0v) is 35.9. The van der Waals surface area contributed by atoms with Crippen molar-refractivity contribution in [2.75, 3.05) is 24.6 Å². The first-order chi connectivity index (χ1) is 23.1. The van der Waals surface area contributed by atoms with Crippen LogP contribution in [0.1, 0.15) is 62.8 Å². The molecular weight excluding hydrogens is 738 g/mol. The van der Waals surface area contributed by atoms with Crippen molar-refractivity contribution in [3.63, 3.8) is 0 Å². The van der Waals surface area contributed by atoms with Crippen LogP contribution >= 0.6 is 0 Å². The molecule has 272 valence electrons. The number of aliphatic hydroxyl groups excluding tert-OH is 2. The van der Waals surface area contributed by atoms with Crippen LogP contribution in [0.2, 0.25) is 0 Å². The van der Waals surface area contributed by atoms with Gasteiger partial charge in [-0.05, 0) is 47.8 Å². The number of aliphatic imine (C=N–C) groups is 1. The van der Waals surface area contributed by atoms with Gasteiger partial charge in [-0.3, -0.25) is 9.79 Å². The molecular formula is C34H40N2Na2O12S2. The number of phenols is 3. The second-order valence-electron chi connectivity index (χ2n) is 13.0. The number of Topliss-reactive ketones (excluding diaryl/α,β-unsaturated/α-hetero) is 1. The molecule has 0 saturated heterocycles. The van der Waals surface area contributed by atoms with Gasteiger partial charge >= 0.3 is 59.1 Å². The van der Waals surface area contributed by atoms with E-state index in [0.717, 1.165) is 12.4 Å². The average Bonchev–Trinajstić information content (AvgIpc) is 2.97. The third-order valence-corrected chi connectivity index (χ3v) is 10.3. The van der Waals surface area contributed by atoms with Crippen molar-refractivity contribution in [1.29, 1.82) is 0 Å². The second-order valence-corrected chi connectivity index (χ2v) is 16.1. The quantitative estimate of drug-likeness (QED) is 0.0357. The second kappa shape index (κ2) is 17.4. The average molecular weight is 779 g/mol. The molecule has 4 rings (SSSR count). The summed E-state index contributed by atoms with van der Waals surface area (Å²) < 4.78 is 66.8. The minimum absolute atomic E-state index is 0. The van der Waals surface area contributed by atoms with E-state index in [2.05, 4.69) is 10.3 Å². The summed E-state index contributed by atoms with van der Waals surface area (Å²) >= 11 is 0. The molecule has 2 aliphatic carbocycles. The van der Waals surface area contributed by atoms with Gasteiger partial charge < -0.3 is 40.0 Å². The van der Waals surface area contributed by atoms with Gasteiger partial charge in [0, 0.05) is 58.1 Å². The summed E-state index contributed by atoms with van der Waals surface area (Å²) in [5.74, 6) is -7.49. The first-order valence-corrected chi connectivity index (χ1v) is 18.9. The molecule has 6 N–H and O–H groups in total. The minimum Gasteiger partial charge on any atom is -0.748 e. The van der Waals surface area contributed by atoms with Crippen molar-refractivity contribution in [2.24, 2.45) is 22.7 Å². The number of hydrogen-bond donors (Lipinski definition) is 6. The van der Waals surface area contributed by atoms with Gasteiger partial charge in [-0.25, -0.2) is 16.8 Å². The number of phenolic OH excluding ortho intramolecular Hbond substituents is 3. The van der Waals surface area contributed by atoms with Crippen molar-refractivity contribution < 1.29 is 115 Å². The maximum atomic E-state index is 13.5. The summed E-state index contributed by atoms with van der Waals surface area (Å²) in [6.07, 6.45) is 3.92. The largest absolute Gasteiger partial charge is 1.00 e. The normalized spacial score (nSPS) is 19.0. The Labute approximate surface area is 347 Å². The number of rotatable bonds is 11. The Morgan fingerprint density at radius 1 is 0.904 bits per heavy atom. The molecule has 0 aromatic heterocycles. The Hall–Kier alpha value is -2.38. The zero-order valence-electron chi connectivity index (χ0n) is 30.3. The fraction of sp³-hybridized carbons (Fsp3) is 0.412. The van der Waals surface area contributed by atoms with Gasteiger partial charge in [0.2, 0.25) is 5.78 Å². The third kappa shape index (κ3) is 9.28.